The molecule has 0 aliphatic heterocycles. The van der Waals surface area contributed by atoms with E-state index in [4.69, 9.17) is 11.1 Å². The van der Waals surface area contributed by atoms with E-state index in [-0.39, 0.29) is 11.7 Å². The molecule has 2 aromatic carbocycles. The largest absolute Gasteiger partial charge is 0.384 e. The van der Waals surface area contributed by atoms with Crippen molar-refractivity contribution in [2.45, 2.75) is 6.54 Å². The van der Waals surface area contributed by atoms with Crippen molar-refractivity contribution in [3.8, 4) is 0 Å². The Hall–Kier alpha value is -1.88. The highest BCUT2D eigenvalue weighted by molar-refractivity contribution is 9.10. The molecule has 0 unspecified atom stereocenters. The number of rotatable bonds is 4. The van der Waals surface area contributed by atoms with E-state index in [1.54, 1.807) is 18.2 Å². The van der Waals surface area contributed by atoms with Crippen molar-refractivity contribution in [2.75, 3.05) is 11.9 Å². The molecule has 0 radical (unpaired) electrons. The van der Waals surface area contributed by atoms with E-state index in [0.29, 0.717) is 17.7 Å². The SMILES string of the molecule is CN(Cc1cc(Br)ccc1F)c1ccccc1C(=N)N. The number of nitrogen functional groups attached to an aromatic ring is 1. The highest BCUT2D eigenvalue weighted by Gasteiger charge is 2.11. The van der Waals surface area contributed by atoms with Crippen LogP contribution in [-0.4, -0.2) is 12.9 Å². The van der Waals surface area contributed by atoms with Crippen molar-refractivity contribution in [3.05, 3.63) is 63.9 Å². The topological polar surface area (TPSA) is 53.1 Å². The van der Waals surface area contributed by atoms with Gasteiger partial charge in [0.15, 0.2) is 0 Å². The first-order valence-corrected chi connectivity index (χ1v) is 6.87. The van der Waals surface area contributed by atoms with E-state index in [1.165, 1.54) is 6.07 Å². The van der Waals surface area contributed by atoms with E-state index < -0.39 is 0 Å². The fourth-order valence-electron chi connectivity index (χ4n) is 2.04. The van der Waals surface area contributed by atoms with Gasteiger partial charge in [-0.1, -0.05) is 28.1 Å². The van der Waals surface area contributed by atoms with Crippen molar-refractivity contribution in [2.24, 2.45) is 5.73 Å². The van der Waals surface area contributed by atoms with Crippen LogP contribution in [0.1, 0.15) is 11.1 Å². The number of benzene rings is 2. The van der Waals surface area contributed by atoms with Crippen LogP contribution in [-0.2, 0) is 6.54 Å². The average Bonchev–Trinajstić information content (AvgIpc) is 2.42. The Balaban J connectivity index is 2.31. The Morgan fingerprint density at radius 3 is 2.70 bits per heavy atom. The van der Waals surface area contributed by atoms with Gasteiger partial charge in [0.05, 0.1) is 0 Å². The lowest BCUT2D eigenvalue weighted by Gasteiger charge is -2.22. The van der Waals surface area contributed by atoms with Gasteiger partial charge in [-0.25, -0.2) is 4.39 Å². The predicted octanol–water partition coefficient (Wildman–Crippen LogP) is 3.51. The second kappa shape index (κ2) is 6.05. The highest BCUT2D eigenvalue weighted by Crippen LogP contribution is 2.23. The maximum absolute atomic E-state index is 13.8. The number of para-hydroxylation sites is 1. The standard InChI is InChI=1S/C15H15BrFN3/c1-20(9-10-8-11(16)6-7-13(10)17)14-5-3-2-4-12(14)15(18)19/h2-8H,9H2,1H3,(H3,18,19). The van der Waals surface area contributed by atoms with E-state index in [1.807, 2.05) is 30.1 Å². The molecule has 20 heavy (non-hydrogen) atoms. The zero-order valence-corrected chi connectivity index (χ0v) is 12.6. The molecule has 0 fully saturated rings. The molecule has 3 nitrogen and oxygen atoms in total. The normalized spacial score (nSPS) is 10.3. The molecule has 2 aromatic rings. The minimum absolute atomic E-state index is 0.00200. The Morgan fingerprint density at radius 2 is 2.00 bits per heavy atom. The molecule has 0 spiro atoms. The fraction of sp³-hybridized carbons (Fsp3) is 0.133. The van der Waals surface area contributed by atoms with Crippen molar-refractivity contribution in [1.29, 1.82) is 5.41 Å². The van der Waals surface area contributed by atoms with Gasteiger partial charge in [0.25, 0.3) is 0 Å². The molecule has 0 atom stereocenters. The third kappa shape index (κ3) is 3.17. The summed E-state index contributed by atoms with van der Waals surface area (Å²) >= 11 is 3.34. The molecule has 0 bridgehead atoms. The Kier molecular flexibility index (Phi) is 4.39. The summed E-state index contributed by atoms with van der Waals surface area (Å²) in [6.07, 6.45) is 0. The van der Waals surface area contributed by atoms with E-state index in [2.05, 4.69) is 15.9 Å². The smallest absolute Gasteiger partial charge is 0.128 e. The van der Waals surface area contributed by atoms with Crippen molar-refractivity contribution in [3.63, 3.8) is 0 Å². The lowest BCUT2D eigenvalue weighted by Crippen LogP contribution is -2.22. The number of halogens is 2. The summed E-state index contributed by atoms with van der Waals surface area (Å²) in [4.78, 5) is 1.88. The number of nitrogens with two attached hydrogens (primary N) is 1. The first-order valence-electron chi connectivity index (χ1n) is 6.07. The highest BCUT2D eigenvalue weighted by atomic mass is 79.9. The van der Waals surface area contributed by atoms with E-state index in [9.17, 15) is 4.39 Å². The van der Waals surface area contributed by atoms with Crippen LogP contribution in [0.3, 0.4) is 0 Å². The zero-order valence-electron chi connectivity index (χ0n) is 11.0. The minimum Gasteiger partial charge on any atom is -0.384 e. The van der Waals surface area contributed by atoms with Crippen LogP contribution < -0.4 is 10.6 Å². The molecular formula is C15H15BrFN3. The van der Waals surface area contributed by atoms with Gasteiger partial charge >= 0.3 is 0 Å². The third-order valence-electron chi connectivity index (χ3n) is 3.02. The molecule has 5 heteroatoms. The van der Waals surface area contributed by atoms with Gasteiger partial charge in [-0.05, 0) is 30.3 Å². The van der Waals surface area contributed by atoms with Crippen LogP contribution in [0.2, 0.25) is 0 Å². The minimum atomic E-state index is -0.250. The molecule has 0 aliphatic carbocycles. The lowest BCUT2D eigenvalue weighted by molar-refractivity contribution is 0.607. The van der Waals surface area contributed by atoms with Gasteiger partial charge < -0.3 is 10.6 Å². The van der Waals surface area contributed by atoms with Crippen LogP contribution in [0.5, 0.6) is 0 Å². The molecule has 104 valence electrons. The number of hydrogen-bond donors (Lipinski definition) is 2. The summed E-state index contributed by atoms with van der Waals surface area (Å²) in [6.45, 7) is 0.398. The third-order valence-corrected chi connectivity index (χ3v) is 3.51. The summed E-state index contributed by atoms with van der Waals surface area (Å²) in [7, 11) is 1.85. The monoisotopic (exact) mass is 335 g/mol. The van der Waals surface area contributed by atoms with Crippen molar-refractivity contribution < 1.29 is 4.39 Å². The van der Waals surface area contributed by atoms with E-state index in [0.717, 1.165) is 10.2 Å². The molecule has 0 saturated carbocycles. The number of anilines is 1. The molecule has 0 aliphatic rings. The van der Waals surface area contributed by atoms with Crippen LogP contribution in [0.4, 0.5) is 10.1 Å². The van der Waals surface area contributed by atoms with Crippen LogP contribution in [0, 0.1) is 11.2 Å². The quantitative estimate of drug-likeness (QED) is 0.663. The number of nitrogens with one attached hydrogen (secondary N) is 1. The second-order valence-corrected chi connectivity index (χ2v) is 5.44. The number of hydrogen-bond acceptors (Lipinski definition) is 2. The number of amidine groups is 1. The second-order valence-electron chi connectivity index (χ2n) is 4.52. The van der Waals surface area contributed by atoms with Crippen LogP contribution >= 0.6 is 15.9 Å². The molecule has 0 aromatic heterocycles. The average molecular weight is 336 g/mol. The maximum atomic E-state index is 13.8. The first kappa shape index (κ1) is 14.5. The summed E-state index contributed by atoms with van der Waals surface area (Å²) in [5.74, 6) is -0.248. The van der Waals surface area contributed by atoms with Gasteiger partial charge in [0.1, 0.15) is 11.7 Å². The zero-order chi connectivity index (χ0) is 14.7. The van der Waals surface area contributed by atoms with Crippen molar-refractivity contribution >= 4 is 27.5 Å². The van der Waals surface area contributed by atoms with Crippen LogP contribution in [0.25, 0.3) is 0 Å². The van der Waals surface area contributed by atoms with Gasteiger partial charge in [-0.15, -0.1) is 0 Å². The lowest BCUT2D eigenvalue weighted by atomic mass is 10.1. The van der Waals surface area contributed by atoms with Gasteiger partial charge in [-0.3, -0.25) is 5.41 Å². The van der Waals surface area contributed by atoms with Crippen LogP contribution in [0.15, 0.2) is 46.9 Å². The molecule has 0 heterocycles. The van der Waals surface area contributed by atoms with Gasteiger partial charge in [0.2, 0.25) is 0 Å². The summed E-state index contributed by atoms with van der Waals surface area (Å²) in [6, 6.07) is 12.2. The van der Waals surface area contributed by atoms with E-state index >= 15 is 0 Å². The summed E-state index contributed by atoms with van der Waals surface area (Å²) < 4.78 is 14.6. The Morgan fingerprint density at radius 1 is 1.30 bits per heavy atom. The molecular weight excluding hydrogens is 321 g/mol. The molecule has 3 N–H and O–H groups in total. The Bertz CT molecular complexity index is 643. The molecule has 0 saturated heterocycles. The predicted molar refractivity (Wildman–Crippen MR) is 83.7 cm³/mol. The van der Waals surface area contributed by atoms with Crippen molar-refractivity contribution in [1.82, 2.24) is 0 Å². The van der Waals surface area contributed by atoms with Gasteiger partial charge in [-0.2, -0.15) is 0 Å². The molecule has 2 rings (SSSR count). The first-order chi connectivity index (χ1) is 9.49. The summed E-state index contributed by atoms with van der Waals surface area (Å²) in [5, 5.41) is 7.60. The Labute approximate surface area is 125 Å². The molecule has 0 amide bonds. The fourth-order valence-corrected chi connectivity index (χ4v) is 2.45. The summed E-state index contributed by atoms with van der Waals surface area (Å²) in [5.41, 5.74) is 7.61. The maximum Gasteiger partial charge on any atom is 0.128 e. The number of nitrogens with zero attached hydrogens (tertiary/aromatic N) is 1. The van der Waals surface area contributed by atoms with Gasteiger partial charge in [0, 0.05) is 34.9 Å².